The highest BCUT2D eigenvalue weighted by molar-refractivity contribution is 5.73. The maximum atomic E-state index is 11.4. The summed E-state index contributed by atoms with van der Waals surface area (Å²) in [4.78, 5) is 11.4. The molecule has 1 aliphatic rings. The largest absolute Gasteiger partial charge is 0.457 e. The standard InChI is InChI=1S/C12H14O2/c1-9-7-8-11(14-12(9)13)10-5-3-2-4-6-10/h2-6,9,11H,7-8H2,1H3. The minimum absolute atomic E-state index is 0.0279. The topological polar surface area (TPSA) is 26.3 Å². The van der Waals surface area contributed by atoms with E-state index in [1.54, 1.807) is 0 Å². The Labute approximate surface area is 83.9 Å². The molecule has 0 aliphatic carbocycles. The van der Waals surface area contributed by atoms with Gasteiger partial charge >= 0.3 is 5.97 Å². The van der Waals surface area contributed by atoms with Crippen LogP contribution in [-0.4, -0.2) is 5.97 Å². The highest BCUT2D eigenvalue weighted by atomic mass is 16.5. The molecule has 1 heterocycles. The molecular weight excluding hydrogens is 176 g/mol. The number of benzene rings is 1. The quantitative estimate of drug-likeness (QED) is 0.636. The van der Waals surface area contributed by atoms with Gasteiger partial charge in [0.1, 0.15) is 6.10 Å². The fourth-order valence-corrected chi connectivity index (χ4v) is 1.74. The summed E-state index contributed by atoms with van der Waals surface area (Å²) < 4.78 is 5.35. The van der Waals surface area contributed by atoms with Gasteiger partial charge in [0.2, 0.25) is 0 Å². The minimum atomic E-state index is -0.0647. The van der Waals surface area contributed by atoms with Gasteiger partial charge in [0.05, 0.1) is 5.92 Å². The Balaban J connectivity index is 2.11. The van der Waals surface area contributed by atoms with Gasteiger partial charge in [0, 0.05) is 0 Å². The van der Waals surface area contributed by atoms with Gasteiger partial charge in [-0.25, -0.2) is 0 Å². The molecule has 0 N–H and O–H groups in total. The van der Waals surface area contributed by atoms with E-state index in [-0.39, 0.29) is 18.0 Å². The van der Waals surface area contributed by atoms with E-state index in [9.17, 15) is 4.79 Å². The first kappa shape index (κ1) is 9.25. The maximum Gasteiger partial charge on any atom is 0.309 e. The van der Waals surface area contributed by atoms with Gasteiger partial charge in [-0.3, -0.25) is 4.79 Å². The number of carbonyl (C=O) groups is 1. The summed E-state index contributed by atoms with van der Waals surface area (Å²) in [7, 11) is 0. The molecule has 2 nitrogen and oxygen atoms in total. The van der Waals surface area contributed by atoms with Crippen molar-refractivity contribution < 1.29 is 9.53 Å². The van der Waals surface area contributed by atoms with E-state index in [0.717, 1.165) is 18.4 Å². The third-order valence-corrected chi connectivity index (χ3v) is 2.69. The van der Waals surface area contributed by atoms with Gasteiger partial charge in [-0.2, -0.15) is 0 Å². The van der Waals surface area contributed by atoms with Crippen LogP contribution in [0.2, 0.25) is 0 Å². The van der Waals surface area contributed by atoms with Crippen LogP contribution in [0.3, 0.4) is 0 Å². The molecule has 2 heteroatoms. The van der Waals surface area contributed by atoms with E-state index in [0.29, 0.717) is 0 Å². The fourth-order valence-electron chi connectivity index (χ4n) is 1.74. The van der Waals surface area contributed by atoms with Crippen molar-refractivity contribution in [3.05, 3.63) is 35.9 Å². The zero-order chi connectivity index (χ0) is 9.97. The summed E-state index contributed by atoms with van der Waals surface area (Å²) >= 11 is 0. The Morgan fingerprint density at radius 1 is 1.21 bits per heavy atom. The molecule has 1 aromatic rings. The van der Waals surface area contributed by atoms with Crippen LogP contribution in [0.4, 0.5) is 0 Å². The number of ether oxygens (including phenoxy) is 1. The molecule has 14 heavy (non-hydrogen) atoms. The van der Waals surface area contributed by atoms with Gasteiger partial charge < -0.3 is 4.74 Å². The highest BCUT2D eigenvalue weighted by Crippen LogP contribution is 2.30. The molecule has 74 valence electrons. The van der Waals surface area contributed by atoms with Crippen LogP contribution >= 0.6 is 0 Å². The highest BCUT2D eigenvalue weighted by Gasteiger charge is 2.27. The average molecular weight is 190 g/mol. The van der Waals surface area contributed by atoms with Gasteiger partial charge in [0.25, 0.3) is 0 Å². The Bertz CT molecular complexity index is 318. The van der Waals surface area contributed by atoms with E-state index in [2.05, 4.69) is 0 Å². The third-order valence-electron chi connectivity index (χ3n) is 2.69. The van der Waals surface area contributed by atoms with Crippen LogP contribution in [0.1, 0.15) is 31.4 Å². The lowest BCUT2D eigenvalue weighted by Crippen LogP contribution is -2.24. The number of cyclic esters (lactones) is 1. The first-order valence-electron chi connectivity index (χ1n) is 5.03. The van der Waals surface area contributed by atoms with Crippen LogP contribution in [-0.2, 0) is 9.53 Å². The van der Waals surface area contributed by atoms with Crippen molar-refractivity contribution in [2.45, 2.75) is 25.9 Å². The van der Waals surface area contributed by atoms with E-state index < -0.39 is 0 Å². The summed E-state index contributed by atoms with van der Waals surface area (Å²) in [6, 6.07) is 9.93. The smallest absolute Gasteiger partial charge is 0.309 e. The molecule has 0 spiro atoms. The van der Waals surface area contributed by atoms with Crippen molar-refractivity contribution in [3.8, 4) is 0 Å². The second-order valence-corrected chi connectivity index (χ2v) is 3.81. The molecule has 0 aromatic heterocycles. The summed E-state index contributed by atoms with van der Waals surface area (Å²) in [6.07, 6.45) is 1.84. The SMILES string of the molecule is CC1CCC(c2ccccc2)OC1=O. The van der Waals surface area contributed by atoms with E-state index in [1.807, 2.05) is 37.3 Å². The molecular formula is C12H14O2. The molecule has 1 saturated heterocycles. The third kappa shape index (κ3) is 1.79. The van der Waals surface area contributed by atoms with Gasteiger partial charge in [-0.1, -0.05) is 37.3 Å². The summed E-state index contributed by atoms with van der Waals surface area (Å²) in [5.74, 6) is 0.0000605. The number of rotatable bonds is 1. The molecule has 0 bridgehead atoms. The van der Waals surface area contributed by atoms with Gasteiger partial charge in [-0.05, 0) is 18.4 Å². The van der Waals surface area contributed by atoms with Crippen LogP contribution in [0, 0.1) is 5.92 Å². The van der Waals surface area contributed by atoms with Crippen molar-refractivity contribution >= 4 is 5.97 Å². The van der Waals surface area contributed by atoms with E-state index in [4.69, 9.17) is 4.74 Å². The molecule has 2 unspecified atom stereocenters. The molecule has 1 aromatic carbocycles. The van der Waals surface area contributed by atoms with Gasteiger partial charge in [0.15, 0.2) is 0 Å². The normalized spacial score (nSPS) is 27.1. The lowest BCUT2D eigenvalue weighted by Gasteiger charge is -2.26. The second kappa shape index (κ2) is 3.82. The average Bonchev–Trinajstić information content (AvgIpc) is 2.23. The number of carbonyl (C=O) groups excluding carboxylic acids is 1. The summed E-state index contributed by atoms with van der Waals surface area (Å²) in [6.45, 7) is 1.92. The lowest BCUT2D eigenvalue weighted by molar-refractivity contribution is -0.159. The molecule has 1 aliphatic heterocycles. The van der Waals surface area contributed by atoms with Crippen molar-refractivity contribution in [2.75, 3.05) is 0 Å². The molecule has 2 atom stereocenters. The Morgan fingerprint density at radius 3 is 2.57 bits per heavy atom. The predicted molar refractivity (Wildman–Crippen MR) is 53.7 cm³/mol. The van der Waals surface area contributed by atoms with Crippen LogP contribution in [0.5, 0.6) is 0 Å². The molecule has 0 amide bonds. The van der Waals surface area contributed by atoms with Crippen molar-refractivity contribution in [3.63, 3.8) is 0 Å². The molecule has 0 radical (unpaired) electrons. The minimum Gasteiger partial charge on any atom is -0.457 e. The number of hydrogen-bond acceptors (Lipinski definition) is 2. The van der Waals surface area contributed by atoms with Crippen LogP contribution in [0.25, 0.3) is 0 Å². The van der Waals surface area contributed by atoms with E-state index >= 15 is 0 Å². The Morgan fingerprint density at radius 2 is 1.93 bits per heavy atom. The number of hydrogen-bond donors (Lipinski definition) is 0. The molecule has 0 saturated carbocycles. The second-order valence-electron chi connectivity index (χ2n) is 3.81. The van der Waals surface area contributed by atoms with Crippen molar-refractivity contribution in [1.82, 2.24) is 0 Å². The fraction of sp³-hybridized carbons (Fsp3) is 0.417. The predicted octanol–water partition coefficient (Wildman–Crippen LogP) is 2.70. The van der Waals surface area contributed by atoms with Crippen LogP contribution in [0.15, 0.2) is 30.3 Å². The maximum absolute atomic E-state index is 11.4. The molecule has 1 fully saturated rings. The first-order chi connectivity index (χ1) is 6.77. The Kier molecular flexibility index (Phi) is 2.53. The van der Waals surface area contributed by atoms with Crippen molar-refractivity contribution in [1.29, 1.82) is 0 Å². The monoisotopic (exact) mass is 190 g/mol. The van der Waals surface area contributed by atoms with Crippen molar-refractivity contribution in [2.24, 2.45) is 5.92 Å². The molecule has 2 rings (SSSR count). The number of esters is 1. The first-order valence-corrected chi connectivity index (χ1v) is 5.03. The summed E-state index contributed by atoms with van der Waals surface area (Å²) in [5.41, 5.74) is 1.10. The zero-order valence-corrected chi connectivity index (χ0v) is 8.27. The van der Waals surface area contributed by atoms with Gasteiger partial charge in [-0.15, -0.1) is 0 Å². The van der Waals surface area contributed by atoms with Crippen LogP contribution < -0.4 is 0 Å². The van der Waals surface area contributed by atoms with E-state index in [1.165, 1.54) is 0 Å². The Hall–Kier alpha value is -1.31. The zero-order valence-electron chi connectivity index (χ0n) is 8.27. The summed E-state index contributed by atoms with van der Waals surface area (Å²) in [5, 5.41) is 0. The lowest BCUT2D eigenvalue weighted by atomic mass is 9.95.